The Kier molecular flexibility index (Phi) is 5.60. The molecule has 2 aromatic heterocycles. The van der Waals surface area contributed by atoms with Gasteiger partial charge in [-0.15, -0.1) is 0 Å². The van der Waals surface area contributed by atoms with Crippen molar-refractivity contribution in [3.63, 3.8) is 0 Å². The Morgan fingerprint density at radius 2 is 1.90 bits per heavy atom. The van der Waals surface area contributed by atoms with Gasteiger partial charge < -0.3 is 9.30 Å². The molecular formula is C22H20N4O3S. The first-order valence-electron chi connectivity index (χ1n) is 9.23. The first-order chi connectivity index (χ1) is 14.6. The van der Waals surface area contributed by atoms with Crippen molar-refractivity contribution in [2.75, 3.05) is 7.11 Å². The van der Waals surface area contributed by atoms with E-state index in [4.69, 9.17) is 4.74 Å². The van der Waals surface area contributed by atoms with E-state index < -0.39 is 10.0 Å². The Bertz CT molecular complexity index is 1240. The first kappa shape index (κ1) is 19.8. The molecule has 4 rings (SSSR count). The zero-order chi connectivity index (χ0) is 21.0. The number of imidazole rings is 1. The third-order valence-electron chi connectivity index (χ3n) is 4.68. The van der Waals surface area contributed by atoms with Crippen LogP contribution in [0.2, 0.25) is 0 Å². The molecule has 0 spiro atoms. The number of nitrogens with zero attached hydrogens (tertiary/aromatic N) is 3. The molecule has 0 saturated heterocycles. The summed E-state index contributed by atoms with van der Waals surface area (Å²) < 4.78 is 35.8. The van der Waals surface area contributed by atoms with Crippen LogP contribution in [0.1, 0.15) is 5.56 Å². The Morgan fingerprint density at radius 1 is 1.03 bits per heavy atom. The van der Waals surface area contributed by atoms with Crippen LogP contribution in [-0.2, 0) is 16.6 Å². The average molecular weight is 420 g/mol. The molecule has 0 radical (unpaired) electrons. The molecule has 0 atom stereocenters. The maximum atomic E-state index is 12.9. The highest BCUT2D eigenvalue weighted by atomic mass is 32.2. The summed E-state index contributed by atoms with van der Waals surface area (Å²) >= 11 is 0. The van der Waals surface area contributed by atoms with Crippen LogP contribution in [0.3, 0.4) is 0 Å². The topological polar surface area (TPSA) is 86.1 Å². The summed E-state index contributed by atoms with van der Waals surface area (Å²) in [6.07, 6.45) is 8.55. The molecule has 1 N–H and O–H groups in total. The lowest BCUT2D eigenvalue weighted by Gasteiger charge is -2.13. The number of aromatic nitrogens is 3. The monoisotopic (exact) mass is 420 g/mol. The third kappa shape index (κ3) is 4.10. The van der Waals surface area contributed by atoms with Crippen LogP contribution in [0.25, 0.3) is 16.8 Å². The Labute approximate surface area is 175 Å². The van der Waals surface area contributed by atoms with Crippen LogP contribution in [0.15, 0.2) is 90.6 Å². The second-order valence-corrected chi connectivity index (χ2v) is 8.29. The van der Waals surface area contributed by atoms with E-state index in [1.165, 1.54) is 13.2 Å². The number of para-hydroxylation sites is 1. The Hall–Kier alpha value is -3.49. The molecule has 0 saturated carbocycles. The summed E-state index contributed by atoms with van der Waals surface area (Å²) in [5.74, 6) is 0.463. The van der Waals surface area contributed by atoms with Gasteiger partial charge in [0.2, 0.25) is 10.0 Å². The highest BCUT2D eigenvalue weighted by Gasteiger charge is 2.18. The predicted molar refractivity (Wildman–Crippen MR) is 114 cm³/mol. The second-order valence-electron chi connectivity index (χ2n) is 6.53. The molecule has 0 bridgehead atoms. The molecule has 0 amide bonds. The molecule has 7 nitrogen and oxygen atoms in total. The largest absolute Gasteiger partial charge is 0.496 e. The minimum atomic E-state index is -3.75. The zero-order valence-electron chi connectivity index (χ0n) is 16.3. The quantitative estimate of drug-likeness (QED) is 0.495. The van der Waals surface area contributed by atoms with Gasteiger partial charge in [-0.05, 0) is 29.8 Å². The Morgan fingerprint density at radius 3 is 2.63 bits per heavy atom. The van der Waals surface area contributed by atoms with Gasteiger partial charge in [0.1, 0.15) is 5.75 Å². The number of methoxy groups -OCH3 is 1. The van der Waals surface area contributed by atoms with Crippen molar-refractivity contribution in [2.24, 2.45) is 0 Å². The smallest absolute Gasteiger partial charge is 0.241 e. The summed E-state index contributed by atoms with van der Waals surface area (Å²) in [6, 6.07) is 16.1. The normalized spacial score (nSPS) is 11.4. The number of benzene rings is 2. The van der Waals surface area contributed by atoms with Gasteiger partial charge in [0.15, 0.2) is 0 Å². The van der Waals surface area contributed by atoms with Crippen molar-refractivity contribution in [1.82, 2.24) is 19.3 Å². The summed E-state index contributed by atoms with van der Waals surface area (Å²) in [4.78, 5) is 8.29. The maximum absolute atomic E-state index is 12.9. The number of hydrogen-bond acceptors (Lipinski definition) is 5. The lowest BCUT2D eigenvalue weighted by atomic mass is 10.1. The average Bonchev–Trinajstić information content (AvgIpc) is 3.33. The third-order valence-corrected chi connectivity index (χ3v) is 6.08. The van der Waals surface area contributed by atoms with Crippen molar-refractivity contribution in [3.05, 3.63) is 91.3 Å². The molecule has 0 fully saturated rings. The number of nitrogens with one attached hydrogen (secondary N) is 1. The van der Waals surface area contributed by atoms with E-state index in [2.05, 4.69) is 14.7 Å². The fourth-order valence-corrected chi connectivity index (χ4v) is 4.19. The lowest BCUT2D eigenvalue weighted by molar-refractivity contribution is 0.415. The highest BCUT2D eigenvalue weighted by molar-refractivity contribution is 7.89. The van der Waals surface area contributed by atoms with E-state index >= 15 is 0 Å². The zero-order valence-corrected chi connectivity index (χ0v) is 17.1. The molecule has 8 heteroatoms. The van der Waals surface area contributed by atoms with Gasteiger partial charge in [-0.25, -0.2) is 18.1 Å². The lowest BCUT2D eigenvalue weighted by Crippen LogP contribution is -2.24. The summed E-state index contributed by atoms with van der Waals surface area (Å²) in [7, 11) is -2.23. The van der Waals surface area contributed by atoms with Crippen molar-refractivity contribution < 1.29 is 13.2 Å². The fraction of sp³-hybridized carbons (Fsp3) is 0.0909. The molecule has 0 aliphatic carbocycles. The fourth-order valence-electron chi connectivity index (χ4n) is 3.17. The summed E-state index contributed by atoms with van der Waals surface area (Å²) in [6.45, 7) is 0.142. The van der Waals surface area contributed by atoms with E-state index in [1.807, 2.05) is 47.2 Å². The molecule has 152 valence electrons. The molecule has 2 aromatic carbocycles. The molecule has 0 unspecified atom stereocenters. The highest BCUT2D eigenvalue weighted by Crippen LogP contribution is 2.31. The van der Waals surface area contributed by atoms with Crippen LogP contribution in [-0.4, -0.2) is 30.1 Å². The van der Waals surface area contributed by atoms with E-state index in [1.54, 1.807) is 37.1 Å². The van der Waals surface area contributed by atoms with Crippen LogP contribution in [0, 0.1) is 0 Å². The molecular weight excluding hydrogens is 400 g/mol. The Balaban J connectivity index is 1.59. The van der Waals surface area contributed by atoms with E-state index in [-0.39, 0.29) is 11.4 Å². The maximum Gasteiger partial charge on any atom is 0.241 e. The van der Waals surface area contributed by atoms with Crippen molar-refractivity contribution in [3.8, 4) is 22.6 Å². The van der Waals surface area contributed by atoms with Gasteiger partial charge in [0.05, 0.1) is 24.0 Å². The standard InChI is InChI=1S/C22H20N4O3S/c1-29-22-13-19(8-9-20(22)17-6-4-10-23-14-17)30(27,28)25-15-18-5-2-3-7-21(18)26-12-11-24-16-26/h2-14,16,25H,15H2,1H3. The van der Waals surface area contributed by atoms with Crippen LogP contribution in [0.4, 0.5) is 0 Å². The van der Waals surface area contributed by atoms with Gasteiger partial charge in [-0.2, -0.15) is 0 Å². The number of sulfonamides is 1. The molecule has 30 heavy (non-hydrogen) atoms. The van der Waals surface area contributed by atoms with Gasteiger partial charge >= 0.3 is 0 Å². The first-order valence-corrected chi connectivity index (χ1v) is 10.7. The van der Waals surface area contributed by atoms with Crippen LogP contribution in [0.5, 0.6) is 5.75 Å². The second kappa shape index (κ2) is 8.48. The van der Waals surface area contributed by atoms with Gasteiger partial charge in [0.25, 0.3) is 0 Å². The predicted octanol–water partition coefficient (Wildman–Crippen LogP) is 3.42. The van der Waals surface area contributed by atoms with Gasteiger partial charge in [0, 0.05) is 48.5 Å². The molecule has 0 aliphatic heterocycles. The SMILES string of the molecule is COc1cc(S(=O)(=O)NCc2ccccc2-n2ccnc2)ccc1-c1cccnc1. The van der Waals surface area contributed by atoms with Gasteiger partial charge in [-0.3, -0.25) is 4.98 Å². The molecule has 2 heterocycles. The minimum absolute atomic E-state index is 0.132. The number of ether oxygens (including phenoxy) is 1. The van der Waals surface area contributed by atoms with E-state index in [9.17, 15) is 8.42 Å². The summed E-state index contributed by atoms with van der Waals surface area (Å²) in [5.41, 5.74) is 3.32. The number of hydrogen-bond donors (Lipinski definition) is 1. The van der Waals surface area contributed by atoms with Crippen LogP contribution < -0.4 is 9.46 Å². The number of pyridine rings is 1. The molecule has 0 aliphatic rings. The number of rotatable bonds is 7. The van der Waals surface area contributed by atoms with Gasteiger partial charge in [-0.1, -0.05) is 24.3 Å². The van der Waals surface area contributed by atoms with Crippen molar-refractivity contribution >= 4 is 10.0 Å². The minimum Gasteiger partial charge on any atom is -0.496 e. The van der Waals surface area contributed by atoms with Crippen LogP contribution >= 0.6 is 0 Å². The van der Waals surface area contributed by atoms with Crippen molar-refractivity contribution in [1.29, 1.82) is 0 Å². The van der Waals surface area contributed by atoms with Crippen molar-refractivity contribution in [2.45, 2.75) is 11.4 Å². The summed E-state index contributed by atoms with van der Waals surface area (Å²) in [5, 5.41) is 0. The van der Waals surface area contributed by atoms with E-state index in [0.29, 0.717) is 5.75 Å². The van der Waals surface area contributed by atoms with E-state index in [0.717, 1.165) is 22.4 Å². The molecule has 4 aromatic rings.